The standard InChI is InChI=1S/C13H17N5O2S/c1-9-13(14)15-8-12(16-9)10-5-4-6-11(7-10)17-21(19,20)18(2)3/h4-8,17H,1-3H3,(H2,14,15). The van der Waals surface area contributed by atoms with Crippen LogP contribution in [-0.2, 0) is 10.2 Å². The van der Waals surface area contributed by atoms with Crippen molar-refractivity contribution in [3.8, 4) is 11.3 Å². The fourth-order valence-corrected chi connectivity index (χ4v) is 2.22. The van der Waals surface area contributed by atoms with Gasteiger partial charge in [0.25, 0.3) is 0 Å². The molecule has 0 amide bonds. The molecule has 1 aromatic carbocycles. The van der Waals surface area contributed by atoms with Crippen molar-refractivity contribution in [3.05, 3.63) is 36.2 Å². The molecule has 0 aliphatic rings. The molecule has 3 N–H and O–H groups in total. The monoisotopic (exact) mass is 307 g/mol. The van der Waals surface area contributed by atoms with Gasteiger partial charge in [-0.2, -0.15) is 12.7 Å². The Balaban J connectivity index is 2.36. The molecule has 7 nitrogen and oxygen atoms in total. The summed E-state index contributed by atoms with van der Waals surface area (Å²) in [5.74, 6) is 0.378. The van der Waals surface area contributed by atoms with Crippen LogP contribution < -0.4 is 10.5 Å². The Labute approximate surface area is 124 Å². The highest BCUT2D eigenvalue weighted by Crippen LogP contribution is 2.22. The van der Waals surface area contributed by atoms with E-state index in [-0.39, 0.29) is 0 Å². The van der Waals surface area contributed by atoms with Crippen LogP contribution >= 0.6 is 0 Å². The molecule has 2 aromatic rings. The van der Waals surface area contributed by atoms with Crippen LogP contribution in [-0.4, -0.2) is 36.8 Å². The van der Waals surface area contributed by atoms with Crippen LogP contribution in [0.2, 0.25) is 0 Å². The van der Waals surface area contributed by atoms with Crippen LogP contribution in [0.5, 0.6) is 0 Å². The van der Waals surface area contributed by atoms with E-state index in [9.17, 15) is 8.42 Å². The van der Waals surface area contributed by atoms with Gasteiger partial charge in [0.15, 0.2) is 0 Å². The molecule has 1 heterocycles. The SMILES string of the molecule is Cc1nc(-c2cccc(NS(=O)(=O)N(C)C)c2)cnc1N. The summed E-state index contributed by atoms with van der Waals surface area (Å²) in [7, 11) is -0.619. The van der Waals surface area contributed by atoms with Gasteiger partial charge in [0.1, 0.15) is 5.82 Å². The second kappa shape index (κ2) is 5.66. The summed E-state index contributed by atoms with van der Waals surface area (Å²) in [5, 5.41) is 0. The van der Waals surface area contributed by atoms with Gasteiger partial charge >= 0.3 is 10.2 Å². The lowest BCUT2D eigenvalue weighted by Crippen LogP contribution is -2.28. The number of benzene rings is 1. The van der Waals surface area contributed by atoms with Crippen molar-refractivity contribution in [2.75, 3.05) is 24.6 Å². The van der Waals surface area contributed by atoms with E-state index in [1.54, 1.807) is 31.3 Å². The van der Waals surface area contributed by atoms with Gasteiger partial charge < -0.3 is 5.73 Å². The van der Waals surface area contributed by atoms with Crippen LogP contribution in [0.25, 0.3) is 11.3 Å². The van der Waals surface area contributed by atoms with Gasteiger partial charge in [-0.1, -0.05) is 12.1 Å². The summed E-state index contributed by atoms with van der Waals surface area (Å²) >= 11 is 0. The molecule has 0 aliphatic heterocycles. The highest BCUT2D eigenvalue weighted by molar-refractivity contribution is 7.90. The molecule has 1 aromatic heterocycles. The normalized spacial score (nSPS) is 11.6. The minimum Gasteiger partial charge on any atom is -0.382 e. The summed E-state index contributed by atoms with van der Waals surface area (Å²) in [5.41, 5.74) is 8.12. The Morgan fingerprint density at radius 2 is 2.00 bits per heavy atom. The smallest absolute Gasteiger partial charge is 0.301 e. The zero-order valence-corrected chi connectivity index (χ0v) is 12.8. The molecule has 0 unspecified atom stereocenters. The first kappa shape index (κ1) is 15.2. The van der Waals surface area contributed by atoms with Gasteiger partial charge in [-0.05, 0) is 19.1 Å². The van der Waals surface area contributed by atoms with Crippen molar-refractivity contribution in [1.29, 1.82) is 0 Å². The van der Waals surface area contributed by atoms with Crippen LogP contribution in [0.3, 0.4) is 0 Å². The topological polar surface area (TPSA) is 101 Å². The van der Waals surface area contributed by atoms with E-state index in [4.69, 9.17) is 5.73 Å². The lowest BCUT2D eigenvalue weighted by Gasteiger charge is -2.14. The van der Waals surface area contributed by atoms with Gasteiger partial charge in [-0.25, -0.2) is 9.97 Å². The zero-order valence-electron chi connectivity index (χ0n) is 12.0. The molecular formula is C13H17N5O2S. The minimum atomic E-state index is -3.54. The first-order chi connectivity index (χ1) is 9.79. The Hall–Kier alpha value is -2.19. The number of hydrogen-bond donors (Lipinski definition) is 2. The van der Waals surface area contributed by atoms with E-state index in [1.165, 1.54) is 14.1 Å². The number of nitrogens with one attached hydrogen (secondary N) is 1. The summed E-state index contributed by atoms with van der Waals surface area (Å²) in [6, 6.07) is 6.94. The van der Waals surface area contributed by atoms with Crippen LogP contribution in [0, 0.1) is 6.92 Å². The number of rotatable bonds is 4. The number of aromatic nitrogens is 2. The molecule has 0 bridgehead atoms. The molecule has 0 aliphatic carbocycles. The zero-order chi connectivity index (χ0) is 15.6. The molecule has 0 atom stereocenters. The molecule has 0 spiro atoms. The minimum absolute atomic E-state index is 0.378. The van der Waals surface area contributed by atoms with Crippen molar-refractivity contribution in [2.24, 2.45) is 0 Å². The maximum absolute atomic E-state index is 11.8. The Morgan fingerprint density at radius 1 is 1.29 bits per heavy atom. The average Bonchev–Trinajstić information content (AvgIpc) is 2.41. The molecular weight excluding hydrogens is 290 g/mol. The van der Waals surface area contributed by atoms with Crippen molar-refractivity contribution >= 4 is 21.7 Å². The largest absolute Gasteiger partial charge is 0.382 e. The van der Waals surface area contributed by atoms with Crippen LogP contribution in [0.1, 0.15) is 5.69 Å². The maximum atomic E-state index is 11.8. The highest BCUT2D eigenvalue weighted by Gasteiger charge is 2.13. The van der Waals surface area contributed by atoms with Gasteiger partial charge in [0.05, 0.1) is 23.3 Å². The predicted octanol–water partition coefficient (Wildman–Crippen LogP) is 1.25. The molecule has 2 rings (SSSR count). The maximum Gasteiger partial charge on any atom is 0.301 e. The van der Waals surface area contributed by atoms with Crippen molar-refractivity contribution in [3.63, 3.8) is 0 Å². The third kappa shape index (κ3) is 3.47. The summed E-state index contributed by atoms with van der Waals surface area (Å²) in [4.78, 5) is 8.40. The van der Waals surface area contributed by atoms with Crippen LogP contribution in [0.15, 0.2) is 30.5 Å². The molecule has 21 heavy (non-hydrogen) atoms. The van der Waals surface area contributed by atoms with E-state index >= 15 is 0 Å². The van der Waals surface area contributed by atoms with Gasteiger partial charge in [-0.15, -0.1) is 0 Å². The molecule has 0 radical (unpaired) electrons. The van der Waals surface area contributed by atoms with E-state index in [0.717, 1.165) is 9.87 Å². The molecule has 112 valence electrons. The van der Waals surface area contributed by atoms with E-state index in [0.29, 0.717) is 22.9 Å². The second-order valence-corrected chi connectivity index (χ2v) is 6.58. The number of nitrogens with zero attached hydrogens (tertiary/aromatic N) is 3. The number of anilines is 2. The predicted molar refractivity (Wildman–Crippen MR) is 82.8 cm³/mol. The quantitative estimate of drug-likeness (QED) is 0.885. The second-order valence-electron chi connectivity index (χ2n) is 4.70. The fourth-order valence-electron chi connectivity index (χ4n) is 1.61. The van der Waals surface area contributed by atoms with E-state index < -0.39 is 10.2 Å². The number of aryl methyl sites for hydroxylation is 1. The van der Waals surface area contributed by atoms with Crippen molar-refractivity contribution in [1.82, 2.24) is 14.3 Å². The molecule has 0 saturated carbocycles. The number of nitrogens with two attached hydrogens (primary N) is 1. The van der Waals surface area contributed by atoms with Crippen LogP contribution in [0.4, 0.5) is 11.5 Å². The summed E-state index contributed by atoms with van der Waals surface area (Å²) in [6.07, 6.45) is 1.56. The molecule has 8 heteroatoms. The lowest BCUT2D eigenvalue weighted by molar-refractivity contribution is 0.527. The number of nitrogen functional groups attached to an aromatic ring is 1. The van der Waals surface area contributed by atoms with Gasteiger partial charge in [-0.3, -0.25) is 4.72 Å². The fraction of sp³-hybridized carbons (Fsp3) is 0.231. The Morgan fingerprint density at radius 3 is 2.62 bits per heavy atom. The Kier molecular flexibility index (Phi) is 4.10. The first-order valence-electron chi connectivity index (χ1n) is 6.19. The Bertz CT molecular complexity index is 759. The van der Waals surface area contributed by atoms with Crippen molar-refractivity contribution < 1.29 is 8.42 Å². The molecule has 0 fully saturated rings. The average molecular weight is 307 g/mol. The third-order valence-electron chi connectivity index (χ3n) is 2.87. The summed E-state index contributed by atoms with van der Waals surface area (Å²) < 4.78 is 27.2. The first-order valence-corrected chi connectivity index (χ1v) is 7.63. The number of hydrogen-bond acceptors (Lipinski definition) is 5. The lowest BCUT2D eigenvalue weighted by atomic mass is 10.1. The summed E-state index contributed by atoms with van der Waals surface area (Å²) in [6.45, 7) is 1.77. The highest BCUT2D eigenvalue weighted by atomic mass is 32.2. The molecule has 0 saturated heterocycles. The van der Waals surface area contributed by atoms with E-state index in [2.05, 4.69) is 14.7 Å². The third-order valence-corrected chi connectivity index (χ3v) is 4.33. The van der Waals surface area contributed by atoms with E-state index in [1.807, 2.05) is 6.07 Å². The van der Waals surface area contributed by atoms with Crippen molar-refractivity contribution in [2.45, 2.75) is 6.92 Å². The van der Waals surface area contributed by atoms with Gasteiger partial charge in [0.2, 0.25) is 0 Å². The van der Waals surface area contributed by atoms with Gasteiger partial charge in [0, 0.05) is 19.7 Å².